The number of rotatable bonds is 5. The fourth-order valence-corrected chi connectivity index (χ4v) is 5.86. The minimum atomic E-state index is 0.144. The normalized spacial score (nSPS) is 25.1. The molecular weight excluding hydrogens is 358 g/mol. The van der Waals surface area contributed by atoms with E-state index in [0.29, 0.717) is 16.7 Å². The summed E-state index contributed by atoms with van der Waals surface area (Å²) in [5.41, 5.74) is 1.01. The fraction of sp³-hybridized carbons (Fsp3) is 0.960. The summed E-state index contributed by atoms with van der Waals surface area (Å²) < 4.78 is 0. The quantitative estimate of drug-likeness (QED) is 0.674. The molecule has 3 fully saturated rings. The molecule has 0 N–H and O–H groups in total. The predicted octanol–water partition coefficient (Wildman–Crippen LogP) is 4.50. The highest BCUT2D eigenvalue weighted by Gasteiger charge is 2.38. The molecule has 0 unspecified atom stereocenters. The van der Waals surface area contributed by atoms with E-state index in [-0.39, 0.29) is 5.92 Å². The van der Waals surface area contributed by atoms with Gasteiger partial charge >= 0.3 is 0 Å². The van der Waals surface area contributed by atoms with Gasteiger partial charge in [-0.2, -0.15) is 0 Å². The smallest absolute Gasteiger partial charge is 0.225 e. The summed E-state index contributed by atoms with van der Waals surface area (Å²) >= 11 is 0. The van der Waals surface area contributed by atoms with Crippen LogP contribution in [0.25, 0.3) is 0 Å². The molecular formula is C25H47N3O. The number of hydrogen-bond donors (Lipinski definition) is 0. The fourth-order valence-electron chi connectivity index (χ4n) is 5.86. The van der Waals surface area contributed by atoms with Crippen LogP contribution in [-0.2, 0) is 4.79 Å². The van der Waals surface area contributed by atoms with Gasteiger partial charge in [0.05, 0.1) is 0 Å². The third-order valence-electron chi connectivity index (χ3n) is 8.31. The van der Waals surface area contributed by atoms with Crippen LogP contribution in [0.4, 0.5) is 0 Å². The van der Waals surface area contributed by atoms with Crippen molar-refractivity contribution in [2.45, 2.75) is 79.6 Å². The molecule has 1 amide bonds. The van der Waals surface area contributed by atoms with Gasteiger partial charge in [-0.25, -0.2) is 0 Å². The van der Waals surface area contributed by atoms with Crippen molar-refractivity contribution in [1.82, 2.24) is 14.7 Å². The monoisotopic (exact) mass is 405 g/mol. The zero-order valence-corrected chi connectivity index (χ0v) is 20.0. The highest BCUT2D eigenvalue weighted by molar-refractivity contribution is 5.78. The van der Waals surface area contributed by atoms with Crippen LogP contribution >= 0.6 is 0 Å². The maximum atomic E-state index is 12.3. The minimum Gasteiger partial charge on any atom is -0.342 e. The van der Waals surface area contributed by atoms with Crippen LogP contribution in [0, 0.1) is 22.7 Å². The molecule has 4 nitrogen and oxygen atoms in total. The Kier molecular flexibility index (Phi) is 7.70. The number of carbonyl (C=O) groups excluding carboxylic acids is 1. The van der Waals surface area contributed by atoms with Crippen LogP contribution in [0.1, 0.15) is 79.6 Å². The second-order valence-corrected chi connectivity index (χ2v) is 11.7. The zero-order valence-electron chi connectivity index (χ0n) is 20.0. The molecule has 0 aromatic rings. The van der Waals surface area contributed by atoms with Crippen molar-refractivity contribution in [3.8, 4) is 0 Å². The van der Waals surface area contributed by atoms with E-state index in [1.807, 2.05) is 13.8 Å². The van der Waals surface area contributed by atoms with Gasteiger partial charge in [0.2, 0.25) is 5.91 Å². The molecule has 4 heteroatoms. The number of likely N-dealkylation sites (tertiary alicyclic amines) is 3. The topological polar surface area (TPSA) is 26.8 Å². The van der Waals surface area contributed by atoms with Crippen LogP contribution < -0.4 is 0 Å². The maximum Gasteiger partial charge on any atom is 0.225 e. The Morgan fingerprint density at radius 2 is 1.34 bits per heavy atom. The first-order chi connectivity index (χ1) is 13.7. The van der Waals surface area contributed by atoms with Gasteiger partial charge in [-0.3, -0.25) is 4.79 Å². The van der Waals surface area contributed by atoms with E-state index in [2.05, 4.69) is 35.5 Å². The Morgan fingerprint density at radius 3 is 1.83 bits per heavy atom. The lowest BCUT2D eigenvalue weighted by Crippen LogP contribution is -2.49. The van der Waals surface area contributed by atoms with Crippen LogP contribution in [0.15, 0.2) is 0 Å². The molecule has 0 atom stereocenters. The Balaban J connectivity index is 1.31. The lowest BCUT2D eigenvalue weighted by atomic mass is 9.71. The van der Waals surface area contributed by atoms with Crippen LogP contribution in [0.5, 0.6) is 0 Å². The number of piperidine rings is 3. The van der Waals surface area contributed by atoms with Crippen molar-refractivity contribution in [1.29, 1.82) is 0 Å². The number of hydrogen-bond acceptors (Lipinski definition) is 3. The SMILES string of the molecule is CC(C)C(=O)N1CCC2(CCN(CCCN3CCC(C(C)(C)C)CC3)CC2)CC1. The number of amides is 1. The zero-order chi connectivity index (χ0) is 21.1. The van der Waals surface area contributed by atoms with Gasteiger partial charge in [0.15, 0.2) is 0 Å². The molecule has 3 rings (SSSR count). The maximum absolute atomic E-state index is 12.3. The van der Waals surface area contributed by atoms with Gasteiger partial charge in [0, 0.05) is 19.0 Å². The first-order valence-corrected chi connectivity index (χ1v) is 12.4. The van der Waals surface area contributed by atoms with Crippen LogP contribution in [-0.4, -0.2) is 73.0 Å². The van der Waals surface area contributed by atoms with E-state index in [0.717, 1.165) is 19.0 Å². The van der Waals surface area contributed by atoms with Crippen molar-refractivity contribution in [2.24, 2.45) is 22.7 Å². The molecule has 0 aromatic carbocycles. The Bertz CT molecular complexity index is 513. The van der Waals surface area contributed by atoms with E-state index in [9.17, 15) is 4.79 Å². The summed E-state index contributed by atoms with van der Waals surface area (Å²) in [5.74, 6) is 1.40. The van der Waals surface area contributed by atoms with E-state index in [1.165, 1.54) is 84.2 Å². The third-order valence-corrected chi connectivity index (χ3v) is 8.31. The van der Waals surface area contributed by atoms with Crippen molar-refractivity contribution in [3.05, 3.63) is 0 Å². The molecule has 0 radical (unpaired) electrons. The van der Waals surface area contributed by atoms with Gasteiger partial charge in [0.1, 0.15) is 0 Å². The lowest BCUT2D eigenvalue weighted by Gasteiger charge is -2.47. The number of nitrogens with zero attached hydrogens (tertiary/aromatic N) is 3. The Morgan fingerprint density at radius 1 is 0.862 bits per heavy atom. The second-order valence-electron chi connectivity index (χ2n) is 11.7. The molecule has 1 spiro atoms. The Labute approximate surface area is 180 Å². The average Bonchev–Trinajstić information content (AvgIpc) is 2.69. The molecule has 3 heterocycles. The van der Waals surface area contributed by atoms with Crippen molar-refractivity contribution in [2.75, 3.05) is 52.4 Å². The lowest BCUT2D eigenvalue weighted by molar-refractivity contribution is -0.137. The van der Waals surface area contributed by atoms with Gasteiger partial charge in [-0.1, -0.05) is 34.6 Å². The predicted molar refractivity (Wildman–Crippen MR) is 122 cm³/mol. The molecule has 0 bridgehead atoms. The Hall–Kier alpha value is -0.610. The van der Waals surface area contributed by atoms with E-state index in [4.69, 9.17) is 0 Å². The summed E-state index contributed by atoms with van der Waals surface area (Å²) in [4.78, 5) is 19.8. The van der Waals surface area contributed by atoms with Gasteiger partial charge in [0.25, 0.3) is 0 Å². The highest BCUT2D eigenvalue weighted by atomic mass is 16.2. The van der Waals surface area contributed by atoms with Crippen LogP contribution in [0.3, 0.4) is 0 Å². The van der Waals surface area contributed by atoms with Gasteiger partial charge < -0.3 is 14.7 Å². The highest BCUT2D eigenvalue weighted by Crippen LogP contribution is 2.41. The first kappa shape index (κ1) is 23.1. The summed E-state index contributed by atoms with van der Waals surface area (Å²) in [6.45, 7) is 20.9. The van der Waals surface area contributed by atoms with Gasteiger partial charge in [-0.15, -0.1) is 0 Å². The molecule has 29 heavy (non-hydrogen) atoms. The summed E-state index contributed by atoms with van der Waals surface area (Å²) in [5, 5.41) is 0. The van der Waals surface area contributed by atoms with Crippen molar-refractivity contribution in [3.63, 3.8) is 0 Å². The van der Waals surface area contributed by atoms with E-state index < -0.39 is 0 Å². The summed E-state index contributed by atoms with van der Waals surface area (Å²) in [6.07, 6.45) is 9.22. The summed E-state index contributed by atoms with van der Waals surface area (Å²) in [7, 11) is 0. The molecule has 3 aliphatic heterocycles. The minimum absolute atomic E-state index is 0.144. The van der Waals surface area contributed by atoms with Crippen LogP contribution in [0.2, 0.25) is 0 Å². The standard InChI is InChI=1S/C25H47N3O/c1-21(2)23(29)28-19-11-25(12-20-28)9-17-27(18-10-25)14-6-13-26-15-7-22(8-16-26)24(3,4)5/h21-22H,6-20H2,1-5H3. The van der Waals surface area contributed by atoms with E-state index in [1.54, 1.807) is 0 Å². The largest absolute Gasteiger partial charge is 0.342 e. The van der Waals surface area contributed by atoms with Crippen molar-refractivity contribution >= 4 is 5.91 Å². The van der Waals surface area contributed by atoms with Gasteiger partial charge in [-0.05, 0) is 101 Å². The summed E-state index contributed by atoms with van der Waals surface area (Å²) in [6, 6.07) is 0. The average molecular weight is 406 g/mol. The first-order valence-electron chi connectivity index (χ1n) is 12.4. The molecule has 0 aliphatic carbocycles. The molecule has 3 saturated heterocycles. The van der Waals surface area contributed by atoms with E-state index >= 15 is 0 Å². The number of carbonyl (C=O) groups is 1. The molecule has 0 saturated carbocycles. The molecule has 0 aromatic heterocycles. The van der Waals surface area contributed by atoms with Crippen molar-refractivity contribution < 1.29 is 4.79 Å². The third kappa shape index (κ3) is 6.19. The molecule has 3 aliphatic rings. The second kappa shape index (κ2) is 9.68. The molecule has 168 valence electrons.